The van der Waals surface area contributed by atoms with E-state index in [-0.39, 0.29) is 12.3 Å². The molecule has 180 valence electrons. The van der Waals surface area contributed by atoms with Crippen LogP contribution in [0.5, 0.6) is 0 Å². The number of ether oxygens (including phenoxy) is 1. The summed E-state index contributed by atoms with van der Waals surface area (Å²) in [6.45, 7) is 3.09. The van der Waals surface area contributed by atoms with Crippen molar-refractivity contribution in [2.24, 2.45) is 0 Å². The van der Waals surface area contributed by atoms with E-state index in [0.29, 0.717) is 30.4 Å². The van der Waals surface area contributed by atoms with Gasteiger partial charge in [-0.15, -0.1) is 0 Å². The number of amides is 1. The molecular weight excluding hydrogens is 456 g/mol. The molecule has 9 heteroatoms. The number of anilines is 2. The number of rotatable bonds is 6. The average Bonchev–Trinajstić information content (AvgIpc) is 3.57. The van der Waals surface area contributed by atoms with E-state index in [1.807, 2.05) is 48.7 Å². The molecule has 0 bridgehead atoms. The Balaban J connectivity index is 1.14. The van der Waals surface area contributed by atoms with Gasteiger partial charge < -0.3 is 24.5 Å². The summed E-state index contributed by atoms with van der Waals surface area (Å²) in [7, 11) is 0. The molecule has 5 heterocycles. The van der Waals surface area contributed by atoms with Crippen molar-refractivity contribution >= 4 is 28.3 Å². The summed E-state index contributed by atoms with van der Waals surface area (Å²) in [6, 6.07) is 17.3. The largest absolute Gasteiger partial charge is 0.378 e. The number of benzene rings is 1. The maximum Gasteiger partial charge on any atom is 0.232 e. The van der Waals surface area contributed by atoms with Crippen molar-refractivity contribution in [1.82, 2.24) is 20.1 Å². The molecule has 0 radical (unpaired) electrons. The predicted molar refractivity (Wildman–Crippen MR) is 137 cm³/mol. The fourth-order valence-electron chi connectivity index (χ4n) is 4.36. The number of nitrogens with zero attached hydrogens (tertiary/aromatic N) is 4. The molecule has 0 saturated carbocycles. The van der Waals surface area contributed by atoms with Crippen LogP contribution in [0.4, 0.5) is 11.5 Å². The molecule has 0 atom stereocenters. The van der Waals surface area contributed by atoms with Crippen LogP contribution in [-0.4, -0.2) is 52.3 Å². The lowest BCUT2D eigenvalue weighted by Crippen LogP contribution is -2.36. The minimum atomic E-state index is -0.177. The van der Waals surface area contributed by atoms with Gasteiger partial charge in [-0.05, 0) is 42.0 Å². The van der Waals surface area contributed by atoms with Crippen molar-refractivity contribution in [1.29, 1.82) is 0 Å². The number of nitrogens with one attached hydrogen (secondary N) is 2. The highest BCUT2D eigenvalue weighted by molar-refractivity contribution is 5.95. The first-order valence-corrected chi connectivity index (χ1v) is 11.8. The summed E-state index contributed by atoms with van der Waals surface area (Å²) in [6.07, 6.45) is 5.33. The number of hydrogen-bond donors (Lipinski definition) is 2. The number of H-pyrrole nitrogens is 1. The lowest BCUT2D eigenvalue weighted by Gasteiger charge is -2.28. The second-order valence-electron chi connectivity index (χ2n) is 8.60. The fraction of sp³-hybridized carbons (Fsp3) is 0.185. The normalized spacial score (nSPS) is 13.7. The highest BCUT2D eigenvalue weighted by Gasteiger charge is 2.17. The summed E-state index contributed by atoms with van der Waals surface area (Å²) in [5.74, 6) is 1.29. The Morgan fingerprint density at radius 2 is 1.89 bits per heavy atom. The number of aromatic nitrogens is 4. The molecule has 36 heavy (non-hydrogen) atoms. The molecule has 1 fully saturated rings. The zero-order valence-corrected chi connectivity index (χ0v) is 19.5. The Labute approximate surface area is 207 Å². The molecule has 1 aromatic carbocycles. The van der Waals surface area contributed by atoms with Gasteiger partial charge in [0.15, 0.2) is 0 Å². The van der Waals surface area contributed by atoms with E-state index < -0.39 is 0 Å². The van der Waals surface area contributed by atoms with Crippen LogP contribution < -0.4 is 10.2 Å². The average molecular weight is 481 g/mol. The van der Waals surface area contributed by atoms with E-state index in [0.717, 1.165) is 46.6 Å². The molecule has 4 aromatic heterocycles. The van der Waals surface area contributed by atoms with Gasteiger partial charge in [0, 0.05) is 60.1 Å². The second-order valence-corrected chi connectivity index (χ2v) is 8.60. The van der Waals surface area contributed by atoms with Crippen molar-refractivity contribution in [2.45, 2.75) is 6.42 Å². The smallest absolute Gasteiger partial charge is 0.232 e. The van der Waals surface area contributed by atoms with E-state index in [2.05, 4.69) is 36.4 Å². The van der Waals surface area contributed by atoms with Gasteiger partial charge in [-0.3, -0.25) is 9.78 Å². The van der Waals surface area contributed by atoms with Crippen LogP contribution in [-0.2, 0) is 16.0 Å². The Kier molecular flexibility index (Phi) is 5.88. The SMILES string of the molecule is O=C(Cc1cc(-c2cccnc2)no1)Nc1ccc(-c2cc3c(N4CCOCC4)nccc3[nH]2)cc1. The molecular formula is C27H24N6O3. The van der Waals surface area contributed by atoms with Crippen LogP contribution in [0.25, 0.3) is 33.4 Å². The minimum Gasteiger partial charge on any atom is -0.378 e. The van der Waals surface area contributed by atoms with Gasteiger partial charge in [0.2, 0.25) is 5.91 Å². The highest BCUT2D eigenvalue weighted by Crippen LogP contribution is 2.30. The van der Waals surface area contributed by atoms with Crippen molar-refractivity contribution in [3.63, 3.8) is 0 Å². The maximum absolute atomic E-state index is 12.5. The number of carbonyl (C=O) groups is 1. The molecule has 0 aliphatic carbocycles. The molecule has 0 unspecified atom stereocenters. The van der Waals surface area contributed by atoms with Crippen LogP contribution in [0.3, 0.4) is 0 Å². The summed E-state index contributed by atoms with van der Waals surface area (Å²) >= 11 is 0. The van der Waals surface area contributed by atoms with Gasteiger partial charge in [-0.25, -0.2) is 4.98 Å². The molecule has 2 N–H and O–H groups in total. The lowest BCUT2D eigenvalue weighted by atomic mass is 10.1. The number of fused-ring (bicyclic) bond motifs is 1. The first-order valence-electron chi connectivity index (χ1n) is 11.8. The monoisotopic (exact) mass is 480 g/mol. The van der Waals surface area contributed by atoms with E-state index in [1.165, 1.54) is 0 Å². The van der Waals surface area contributed by atoms with E-state index in [1.54, 1.807) is 18.5 Å². The van der Waals surface area contributed by atoms with Crippen molar-refractivity contribution in [3.05, 3.63) is 78.9 Å². The van der Waals surface area contributed by atoms with Crippen LogP contribution >= 0.6 is 0 Å². The van der Waals surface area contributed by atoms with Crippen LogP contribution in [0.2, 0.25) is 0 Å². The number of aromatic amines is 1. The van der Waals surface area contributed by atoms with Crippen LogP contribution in [0, 0.1) is 0 Å². The number of morpholine rings is 1. The Morgan fingerprint density at radius 1 is 1.03 bits per heavy atom. The quantitative estimate of drug-likeness (QED) is 0.373. The minimum absolute atomic E-state index is 0.0916. The number of carbonyl (C=O) groups excluding carboxylic acids is 1. The third kappa shape index (κ3) is 4.56. The third-order valence-corrected chi connectivity index (χ3v) is 6.17. The van der Waals surface area contributed by atoms with Gasteiger partial charge in [0.05, 0.1) is 25.2 Å². The summed E-state index contributed by atoms with van der Waals surface area (Å²) in [5.41, 5.74) is 5.26. The second kappa shape index (κ2) is 9.63. The van der Waals surface area contributed by atoms with Gasteiger partial charge in [0.25, 0.3) is 0 Å². The van der Waals surface area contributed by atoms with Crippen LogP contribution in [0.15, 0.2) is 77.7 Å². The van der Waals surface area contributed by atoms with E-state index >= 15 is 0 Å². The van der Waals surface area contributed by atoms with Crippen molar-refractivity contribution < 1.29 is 14.1 Å². The van der Waals surface area contributed by atoms with Gasteiger partial charge in [-0.2, -0.15) is 0 Å². The van der Waals surface area contributed by atoms with Crippen molar-refractivity contribution in [2.75, 3.05) is 36.5 Å². The zero-order chi connectivity index (χ0) is 24.3. The van der Waals surface area contributed by atoms with Crippen LogP contribution in [0.1, 0.15) is 5.76 Å². The molecule has 1 aliphatic rings. The highest BCUT2D eigenvalue weighted by atomic mass is 16.5. The molecule has 5 aromatic rings. The standard InChI is InChI=1S/C27H24N6O3/c34-26(15-21-14-25(32-36-21)19-2-1-8-28-17-19)30-20-5-3-18(4-6-20)24-16-22-23(31-24)7-9-29-27(22)33-10-12-35-13-11-33/h1-9,14,16-17,31H,10-13,15H2,(H,30,34). The number of hydrogen-bond acceptors (Lipinski definition) is 7. The topological polar surface area (TPSA) is 109 Å². The molecule has 1 amide bonds. The number of pyridine rings is 2. The summed E-state index contributed by atoms with van der Waals surface area (Å²) in [5, 5.41) is 8.04. The fourth-order valence-corrected chi connectivity index (χ4v) is 4.36. The first kappa shape index (κ1) is 22.0. The summed E-state index contributed by atoms with van der Waals surface area (Å²) < 4.78 is 10.8. The van der Waals surface area contributed by atoms with Gasteiger partial charge in [0.1, 0.15) is 17.3 Å². The summed E-state index contributed by atoms with van der Waals surface area (Å²) in [4.78, 5) is 27.0. The maximum atomic E-state index is 12.5. The van der Waals surface area contributed by atoms with Gasteiger partial charge >= 0.3 is 0 Å². The van der Waals surface area contributed by atoms with E-state index in [4.69, 9.17) is 9.26 Å². The molecule has 1 saturated heterocycles. The van der Waals surface area contributed by atoms with Crippen molar-refractivity contribution in [3.8, 4) is 22.5 Å². The molecule has 6 rings (SSSR count). The Morgan fingerprint density at radius 3 is 2.69 bits per heavy atom. The Bertz CT molecular complexity index is 1490. The third-order valence-electron chi connectivity index (χ3n) is 6.17. The first-order chi connectivity index (χ1) is 17.7. The zero-order valence-electron chi connectivity index (χ0n) is 19.5. The van der Waals surface area contributed by atoms with E-state index in [9.17, 15) is 4.79 Å². The Hall–Kier alpha value is -4.50. The molecule has 0 spiro atoms. The predicted octanol–water partition coefficient (Wildman–Crippen LogP) is 4.30. The lowest BCUT2D eigenvalue weighted by molar-refractivity contribution is -0.115. The van der Waals surface area contributed by atoms with Gasteiger partial charge in [-0.1, -0.05) is 17.3 Å². The molecule has 9 nitrogen and oxygen atoms in total. The molecule has 1 aliphatic heterocycles.